The number of nitrogens with zero attached hydrogens (tertiary/aromatic N) is 1. The molecule has 1 aromatic carbocycles. The van der Waals surface area contributed by atoms with Crippen molar-refractivity contribution in [2.75, 3.05) is 33.9 Å². The second-order valence-corrected chi connectivity index (χ2v) is 7.07. The number of piperidine rings is 1. The highest BCUT2D eigenvalue weighted by Crippen LogP contribution is 2.32. The number of fused-ring (bicyclic) bond motifs is 1. The molecule has 1 aliphatic carbocycles. The summed E-state index contributed by atoms with van der Waals surface area (Å²) in [6, 6.07) is 4.16. The van der Waals surface area contributed by atoms with Crippen LogP contribution in [0.4, 0.5) is 0 Å². The number of amides is 1. The second kappa shape index (κ2) is 8.02. The largest absolute Gasteiger partial charge is 0.496 e. The van der Waals surface area contributed by atoms with Crippen molar-refractivity contribution in [2.45, 2.75) is 44.9 Å². The summed E-state index contributed by atoms with van der Waals surface area (Å²) in [5.74, 6) is 1.47. The lowest BCUT2D eigenvalue weighted by atomic mass is 9.93. The molecule has 1 fully saturated rings. The van der Waals surface area contributed by atoms with E-state index in [4.69, 9.17) is 9.47 Å². The van der Waals surface area contributed by atoms with Crippen molar-refractivity contribution in [1.29, 1.82) is 0 Å². The predicted molar refractivity (Wildman–Crippen MR) is 94.8 cm³/mol. The highest BCUT2D eigenvalue weighted by Gasteiger charge is 2.27. The first-order valence-corrected chi connectivity index (χ1v) is 9.21. The monoisotopic (exact) mass is 331 g/mol. The third kappa shape index (κ3) is 3.75. The van der Waals surface area contributed by atoms with Crippen molar-refractivity contribution in [3.8, 4) is 5.75 Å². The summed E-state index contributed by atoms with van der Waals surface area (Å²) in [5, 5.41) is 0. The van der Waals surface area contributed by atoms with Crippen molar-refractivity contribution in [2.24, 2.45) is 5.92 Å². The summed E-state index contributed by atoms with van der Waals surface area (Å²) in [6.45, 7) is 2.53. The zero-order valence-electron chi connectivity index (χ0n) is 15.0. The summed E-state index contributed by atoms with van der Waals surface area (Å²) < 4.78 is 10.7. The van der Waals surface area contributed by atoms with Gasteiger partial charge in [0.2, 0.25) is 0 Å². The average molecular weight is 331 g/mol. The molecule has 0 radical (unpaired) electrons. The van der Waals surface area contributed by atoms with Crippen LogP contribution in [-0.2, 0) is 17.6 Å². The van der Waals surface area contributed by atoms with Gasteiger partial charge < -0.3 is 14.4 Å². The Morgan fingerprint density at radius 1 is 1.21 bits per heavy atom. The van der Waals surface area contributed by atoms with Crippen LogP contribution in [0.1, 0.15) is 53.6 Å². The summed E-state index contributed by atoms with van der Waals surface area (Å²) in [7, 11) is 3.41. The molecule has 0 saturated carbocycles. The van der Waals surface area contributed by atoms with E-state index in [1.54, 1.807) is 14.2 Å². The minimum absolute atomic E-state index is 0.137. The van der Waals surface area contributed by atoms with E-state index in [2.05, 4.69) is 12.1 Å². The van der Waals surface area contributed by atoms with Gasteiger partial charge in [0.05, 0.1) is 12.7 Å². The zero-order valence-corrected chi connectivity index (χ0v) is 15.0. The van der Waals surface area contributed by atoms with Crippen molar-refractivity contribution in [1.82, 2.24) is 4.90 Å². The van der Waals surface area contributed by atoms with Gasteiger partial charge in [0.1, 0.15) is 5.75 Å². The molecule has 24 heavy (non-hydrogen) atoms. The summed E-state index contributed by atoms with van der Waals surface area (Å²) in [4.78, 5) is 15.1. The topological polar surface area (TPSA) is 38.8 Å². The van der Waals surface area contributed by atoms with Crippen LogP contribution in [0, 0.1) is 5.92 Å². The molecular formula is C20H29NO3. The fourth-order valence-electron chi connectivity index (χ4n) is 4.11. The Kier molecular flexibility index (Phi) is 5.77. The van der Waals surface area contributed by atoms with Crippen LogP contribution in [0.3, 0.4) is 0 Å². The van der Waals surface area contributed by atoms with E-state index < -0.39 is 0 Å². The number of aryl methyl sites for hydroxylation is 2. The third-order valence-corrected chi connectivity index (χ3v) is 5.41. The standard InChI is InChI=1S/C20H29NO3/c1-23-11-5-7-15-6-4-10-21(14-15)20(22)18-12-16-8-3-9-17(16)13-19(18)24-2/h12-13,15H,3-11,14H2,1-2H3/t15-/m0/s1. The number of hydrogen-bond acceptors (Lipinski definition) is 3. The molecule has 1 aromatic rings. The number of likely N-dealkylation sites (tertiary alicyclic amines) is 1. The van der Waals surface area contributed by atoms with Gasteiger partial charge in [-0.3, -0.25) is 4.79 Å². The summed E-state index contributed by atoms with van der Waals surface area (Å²) >= 11 is 0. The molecule has 2 aliphatic rings. The number of benzene rings is 1. The van der Waals surface area contributed by atoms with Gasteiger partial charge in [-0.05, 0) is 74.1 Å². The molecular weight excluding hydrogens is 302 g/mol. The quantitative estimate of drug-likeness (QED) is 0.749. The SMILES string of the molecule is COCCC[C@@H]1CCCN(C(=O)c2cc3c(cc2OC)CCC3)C1. The van der Waals surface area contributed by atoms with E-state index in [0.29, 0.717) is 5.92 Å². The molecule has 132 valence electrons. The van der Waals surface area contributed by atoms with Gasteiger partial charge in [-0.25, -0.2) is 0 Å². The van der Waals surface area contributed by atoms with Crippen molar-refractivity contribution >= 4 is 5.91 Å². The normalized spacial score (nSPS) is 20.1. The van der Waals surface area contributed by atoms with Crippen LogP contribution in [0.15, 0.2) is 12.1 Å². The van der Waals surface area contributed by atoms with E-state index in [9.17, 15) is 4.79 Å². The lowest BCUT2D eigenvalue weighted by Gasteiger charge is -2.33. The number of ether oxygens (including phenoxy) is 2. The molecule has 1 aliphatic heterocycles. The Labute approximate surface area is 145 Å². The van der Waals surface area contributed by atoms with Gasteiger partial charge in [0.15, 0.2) is 0 Å². The van der Waals surface area contributed by atoms with Gasteiger partial charge in [0.25, 0.3) is 5.91 Å². The molecule has 0 bridgehead atoms. The van der Waals surface area contributed by atoms with Crippen molar-refractivity contribution in [3.63, 3.8) is 0 Å². The third-order valence-electron chi connectivity index (χ3n) is 5.41. The van der Waals surface area contributed by atoms with Gasteiger partial charge in [-0.1, -0.05) is 0 Å². The lowest BCUT2D eigenvalue weighted by Crippen LogP contribution is -2.40. The molecule has 1 amide bonds. The molecule has 1 heterocycles. The zero-order chi connectivity index (χ0) is 16.9. The van der Waals surface area contributed by atoms with Crippen LogP contribution in [0.25, 0.3) is 0 Å². The maximum atomic E-state index is 13.1. The molecule has 0 aromatic heterocycles. The fourth-order valence-corrected chi connectivity index (χ4v) is 4.11. The number of rotatable bonds is 6. The summed E-state index contributed by atoms with van der Waals surface area (Å²) in [6.07, 6.45) is 7.89. The van der Waals surface area contributed by atoms with E-state index in [1.165, 1.54) is 24.0 Å². The Morgan fingerprint density at radius 3 is 2.75 bits per heavy atom. The minimum Gasteiger partial charge on any atom is -0.496 e. The van der Waals surface area contributed by atoms with Gasteiger partial charge in [-0.15, -0.1) is 0 Å². The van der Waals surface area contributed by atoms with Crippen LogP contribution in [-0.4, -0.2) is 44.7 Å². The fraction of sp³-hybridized carbons (Fsp3) is 0.650. The number of methoxy groups -OCH3 is 2. The van der Waals surface area contributed by atoms with Crippen LogP contribution in [0.2, 0.25) is 0 Å². The number of hydrogen-bond donors (Lipinski definition) is 0. The average Bonchev–Trinajstić information content (AvgIpc) is 3.08. The first kappa shape index (κ1) is 17.3. The molecule has 1 saturated heterocycles. The lowest BCUT2D eigenvalue weighted by molar-refractivity contribution is 0.0657. The smallest absolute Gasteiger partial charge is 0.257 e. The van der Waals surface area contributed by atoms with Crippen molar-refractivity contribution in [3.05, 3.63) is 28.8 Å². The molecule has 0 unspecified atom stereocenters. The Balaban J connectivity index is 1.71. The maximum Gasteiger partial charge on any atom is 0.257 e. The van der Waals surface area contributed by atoms with E-state index in [1.807, 2.05) is 4.90 Å². The Morgan fingerprint density at radius 2 is 2.00 bits per heavy atom. The van der Waals surface area contributed by atoms with Crippen molar-refractivity contribution < 1.29 is 14.3 Å². The van der Waals surface area contributed by atoms with Crippen LogP contribution < -0.4 is 4.74 Å². The Hall–Kier alpha value is -1.55. The minimum atomic E-state index is 0.137. The van der Waals surface area contributed by atoms with Gasteiger partial charge >= 0.3 is 0 Å². The number of carbonyl (C=O) groups is 1. The van der Waals surface area contributed by atoms with Crippen LogP contribution >= 0.6 is 0 Å². The van der Waals surface area contributed by atoms with E-state index in [0.717, 1.165) is 63.1 Å². The first-order chi connectivity index (χ1) is 11.7. The molecule has 0 spiro atoms. The first-order valence-electron chi connectivity index (χ1n) is 9.21. The molecule has 4 nitrogen and oxygen atoms in total. The summed E-state index contributed by atoms with van der Waals surface area (Å²) in [5.41, 5.74) is 3.42. The predicted octanol–water partition coefficient (Wildman–Crippen LogP) is 3.46. The number of carbonyl (C=O) groups excluding carboxylic acids is 1. The van der Waals surface area contributed by atoms with E-state index >= 15 is 0 Å². The van der Waals surface area contributed by atoms with Gasteiger partial charge in [0, 0.05) is 26.8 Å². The highest BCUT2D eigenvalue weighted by atomic mass is 16.5. The van der Waals surface area contributed by atoms with Crippen LogP contribution in [0.5, 0.6) is 5.75 Å². The molecule has 1 atom stereocenters. The second-order valence-electron chi connectivity index (χ2n) is 7.07. The maximum absolute atomic E-state index is 13.1. The molecule has 3 rings (SSSR count). The molecule has 4 heteroatoms. The van der Waals surface area contributed by atoms with E-state index in [-0.39, 0.29) is 5.91 Å². The highest BCUT2D eigenvalue weighted by molar-refractivity contribution is 5.97. The van der Waals surface area contributed by atoms with Gasteiger partial charge in [-0.2, -0.15) is 0 Å². The molecule has 0 N–H and O–H groups in total. The Bertz CT molecular complexity index is 584.